The minimum Gasteiger partial charge on any atom is -0.426 e. The second-order valence-corrected chi connectivity index (χ2v) is 12.1. The van der Waals surface area contributed by atoms with Gasteiger partial charge in [-0.25, -0.2) is 4.79 Å². The summed E-state index contributed by atoms with van der Waals surface area (Å²) in [7, 11) is 1.67. The fourth-order valence-electron chi connectivity index (χ4n) is 5.36. The molecule has 0 bridgehead atoms. The summed E-state index contributed by atoms with van der Waals surface area (Å²) in [5.41, 5.74) is 3.07. The van der Waals surface area contributed by atoms with Gasteiger partial charge in [0.2, 0.25) is 11.8 Å². The first-order chi connectivity index (χ1) is 24.9. The normalized spacial score (nSPS) is 11.4. The fraction of sp³-hybridized carbons (Fsp3) is 0.515. The van der Waals surface area contributed by atoms with Crippen molar-refractivity contribution in [1.82, 2.24) is 35.3 Å². The number of carbonyl (C=O) groups is 3. The third-order valence-electron chi connectivity index (χ3n) is 7.95. The number of benzene rings is 2. The van der Waals surface area contributed by atoms with Crippen molar-refractivity contribution in [2.45, 2.75) is 72.2 Å². The van der Waals surface area contributed by atoms with Crippen LogP contribution in [0.5, 0.6) is 0 Å². The first-order valence-corrected chi connectivity index (χ1v) is 16.9. The monoisotopic (exact) mass is 727 g/mol. The molecule has 0 aliphatic carbocycles. The molecule has 3 aromatic rings. The van der Waals surface area contributed by atoms with E-state index in [-0.39, 0.29) is 50.8 Å². The number of rotatable bonds is 22. The third-order valence-corrected chi connectivity index (χ3v) is 7.95. The van der Waals surface area contributed by atoms with Gasteiger partial charge in [0, 0.05) is 38.7 Å². The molecule has 1 aromatic heterocycles. The summed E-state index contributed by atoms with van der Waals surface area (Å²) in [6.45, 7) is 5.52. The average molecular weight is 728 g/mol. The number of amides is 3. The van der Waals surface area contributed by atoms with Gasteiger partial charge >= 0.3 is 6.09 Å². The lowest BCUT2D eigenvalue weighted by Crippen LogP contribution is -2.52. The SMILES string of the molecule is CCCCC(=O)N(Cc1ccc(-c2ccccc2-c2nnnn2COC(=O)NCCO[N+](=O)[O-])cc1)C(C(=O)N(C)CCCCO[N+](=O)[O-])C(C)C. The molecular formula is C33H45N9O10. The van der Waals surface area contributed by atoms with E-state index in [1.54, 1.807) is 16.8 Å². The molecule has 0 aliphatic rings. The number of ether oxygens (including phenoxy) is 1. The van der Waals surface area contributed by atoms with E-state index in [1.165, 1.54) is 4.68 Å². The summed E-state index contributed by atoms with van der Waals surface area (Å²) in [6.07, 6.45) is 1.88. The second kappa shape index (κ2) is 20.7. The molecule has 0 fully saturated rings. The lowest BCUT2D eigenvalue weighted by Gasteiger charge is -2.36. The van der Waals surface area contributed by atoms with Gasteiger partial charge in [-0.05, 0) is 52.3 Å². The van der Waals surface area contributed by atoms with E-state index in [9.17, 15) is 34.6 Å². The summed E-state index contributed by atoms with van der Waals surface area (Å²) in [5.74, 6) is -0.190. The molecule has 0 aliphatic heterocycles. The maximum Gasteiger partial charge on any atom is 0.408 e. The summed E-state index contributed by atoms with van der Waals surface area (Å²) in [5, 5.41) is 33.0. The van der Waals surface area contributed by atoms with E-state index < -0.39 is 22.3 Å². The van der Waals surface area contributed by atoms with Crippen molar-refractivity contribution in [3.8, 4) is 22.5 Å². The van der Waals surface area contributed by atoms with E-state index in [4.69, 9.17) is 4.74 Å². The van der Waals surface area contributed by atoms with E-state index in [0.717, 1.165) is 23.1 Å². The van der Waals surface area contributed by atoms with Gasteiger partial charge in [0.05, 0.1) is 6.61 Å². The summed E-state index contributed by atoms with van der Waals surface area (Å²) in [6, 6.07) is 14.3. The number of tetrazole rings is 1. The van der Waals surface area contributed by atoms with Gasteiger partial charge in [0.15, 0.2) is 12.6 Å². The van der Waals surface area contributed by atoms with Crippen LogP contribution in [0.4, 0.5) is 4.79 Å². The molecule has 1 N–H and O–H groups in total. The highest BCUT2D eigenvalue weighted by atomic mass is 17.0. The Labute approximate surface area is 300 Å². The largest absolute Gasteiger partial charge is 0.426 e. The number of alkyl carbamates (subject to hydrolysis) is 1. The van der Waals surface area contributed by atoms with Crippen molar-refractivity contribution in [3.05, 3.63) is 74.3 Å². The van der Waals surface area contributed by atoms with Crippen molar-refractivity contribution < 1.29 is 39.0 Å². The van der Waals surface area contributed by atoms with Crippen LogP contribution in [0.3, 0.4) is 0 Å². The average Bonchev–Trinajstić information content (AvgIpc) is 3.59. The topological polar surface area (TPSA) is 227 Å². The zero-order valence-corrected chi connectivity index (χ0v) is 29.7. The molecule has 3 rings (SSSR count). The number of hydrogen-bond donors (Lipinski definition) is 1. The molecular weight excluding hydrogens is 682 g/mol. The molecule has 0 saturated carbocycles. The minimum atomic E-state index is -0.963. The van der Waals surface area contributed by atoms with Crippen LogP contribution < -0.4 is 5.32 Å². The van der Waals surface area contributed by atoms with E-state index >= 15 is 0 Å². The third kappa shape index (κ3) is 12.5. The van der Waals surface area contributed by atoms with Crippen molar-refractivity contribution in [1.29, 1.82) is 0 Å². The maximum absolute atomic E-state index is 13.8. The Morgan fingerprint density at radius 3 is 2.27 bits per heavy atom. The highest BCUT2D eigenvalue weighted by molar-refractivity contribution is 5.88. The van der Waals surface area contributed by atoms with Crippen LogP contribution in [0.25, 0.3) is 22.5 Å². The molecule has 3 amide bonds. The van der Waals surface area contributed by atoms with Crippen LogP contribution in [-0.4, -0.2) is 97.5 Å². The Balaban J connectivity index is 1.78. The highest BCUT2D eigenvalue weighted by Crippen LogP contribution is 2.31. The lowest BCUT2D eigenvalue weighted by molar-refractivity contribution is -0.757. The summed E-state index contributed by atoms with van der Waals surface area (Å²) >= 11 is 0. The molecule has 1 atom stereocenters. The lowest BCUT2D eigenvalue weighted by atomic mass is 9.96. The van der Waals surface area contributed by atoms with Crippen LogP contribution in [0, 0.1) is 26.1 Å². The number of nitrogens with zero attached hydrogens (tertiary/aromatic N) is 8. The van der Waals surface area contributed by atoms with Crippen molar-refractivity contribution in [2.24, 2.45) is 5.92 Å². The summed E-state index contributed by atoms with van der Waals surface area (Å²) in [4.78, 5) is 71.8. The molecule has 0 saturated heterocycles. The number of aromatic nitrogens is 4. The van der Waals surface area contributed by atoms with Crippen molar-refractivity contribution in [3.63, 3.8) is 0 Å². The fourth-order valence-corrected chi connectivity index (χ4v) is 5.36. The van der Waals surface area contributed by atoms with Crippen LogP contribution in [0.1, 0.15) is 58.4 Å². The molecule has 0 radical (unpaired) electrons. The standard InChI is InChI=1S/C33H45N9O10/c1-5-6-13-29(43)39(30(24(2)3)32(44)38(4)19-9-10-20-51-41(46)47)22-25-14-16-26(17-15-25)27-11-7-8-12-28(27)31-35-36-37-40(31)23-50-33(45)34-18-21-52-42(48)49/h7-8,11-12,14-17,24,30H,5-6,9-10,13,18-23H2,1-4H3,(H,34,45). The zero-order chi connectivity index (χ0) is 38.0. The van der Waals surface area contributed by atoms with Crippen molar-refractivity contribution >= 4 is 17.9 Å². The smallest absolute Gasteiger partial charge is 0.408 e. The van der Waals surface area contributed by atoms with Gasteiger partial charge in [-0.15, -0.1) is 25.3 Å². The van der Waals surface area contributed by atoms with Gasteiger partial charge in [0.1, 0.15) is 12.6 Å². The molecule has 19 heteroatoms. The molecule has 282 valence electrons. The van der Waals surface area contributed by atoms with Gasteiger partial charge in [-0.2, -0.15) is 4.68 Å². The number of carbonyl (C=O) groups excluding carboxylic acids is 3. The van der Waals surface area contributed by atoms with Gasteiger partial charge in [-0.1, -0.05) is 75.7 Å². The van der Waals surface area contributed by atoms with Crippen molar-refractivity contribution in [2.75, 3.05) is 33.4 Å². The van der Waals surface area contributed by atoms with Crippen LogP contribution >= 0.6 is 0 Å². The predicted molar refractivity (Wildman–Crippen MR) is 185 cm³/mol. The maximum atomic E-state index is 13.8. The number of likely N-dealkylation sites (N-methyl/N-ethyl adjacent to an activating group) is 1. The van der Waals surface area contributed by atoms with E-state index in [0.29, 0.717) is 43.6 Å². The molecule has 19 nitrogen and oxygen atoms in total. The second-order valence-electron chi connectivity index (χ2n) is 12.1. The van der Waals surface area contributed by atoms with Crippen LogP contribution in [0.15, 0.2) is 48.5 Å². The number of nitrogens with one attached hydrogen (secondary N) is 1. The quantitative estimate of drug-likeness (QED) is 0.0881. The first-order valence-electron chi connectivity index (χ1n) is 16.9. The predicted octanol–water partition coefficient (Wildman–Crippen LogP) is 3.89. The first kappa shape index (κ1) is 40.5. The zero-order valence-electron chi connectivity index (χ0n) is 29.7. The number of unbranched alkanes of at least 4 members (excludes halogenated alkanes) is 2. The van der Waals surface area contributed by atoms with Gasteiger partial charge in [-0.3, -0.25) is 9.59 Å². The van der Waals surface area contributed by atoms with Gasteiger partial charge in [0.25, 0.3) is 10.2 Å². The Bertz CT molecular complexity index is 1630. The van der Waals surface area contributed by atoms with Crippen LogP contribution in [-0.2, 0) is 37.3 Å². The Kier molecular flexibility index (Phi) is 16.2. The molecule has 52 heavy (non-hydrogen) atoms. The molecule has 1 unspecified atom stereocenters. The Hall–Kier alpha value is -5.88. The number of hydrogen-bond acceptors (Lipinski definition) is 13. The van der Waals surface area contributed by atoms with E-state index in [1.807, 2.05) is 69.3 Å². The Morgan fingerprint density at radius 1 is 0.942 bits per heavy atom. The van der Waals surface area contributed by atoms with Gasteiger partial charge < -0.3 is 29.5 Å². The minimum absolute atomic E-state index is 0.0534. The highest BCUT2D eigenvalue weighted by Gasteiger charge is 2.34. The molecule has 1 heterocycles. The van der Waals surface area contributed by atoms with Crippen LogP contribution in [0.2, 0.25) is 0 Å². The Morgan fingerprint density at radius 2 is 1.62 bits per heavy atom. The molecule has 0 spiro atoms. The molecule has 2 aromatic carbocycles. The van der Waals surface area contributed by atoms with E-state index in [2.05, 4.69) is 30.5 Å². The summed E-state index contributed by atoms with van der Waals surface area (Å²) < 4.78 is 6.45.